The van der Waals surface area contributed by atoms with Crippen LogP contribution in [0.2, 0.25) is 0 Å². The number of carbonyl (C=O) groups is 12. The van der Waals surface area contributed by atoms with Crippen LogP contribution in [0.5, 0.6) is 0 Å². The van der Waals surface area contributed by atoms with Gasteiger partial charge in [0, 0.05) is 51.4 Å². The Bertz CT molecular complexity index is 1220. The molecular formula is C29H32N4O16. The minimum Gasteiger partial charge on any atom is -0.449 e. The van der Waals surface area contributed by atoms with Gasteiger partial charge in [0.1, 0.15) is 0 Å². The Balaban J connectivity index is 1.49. The molecule has 20 heteroatoms. The number of likely N-dealkylation sites (tertiary alicyclic amines) is 4. The summed E-state index contributed by atoms with van der Waals surface area (Å²) in [7, 11) is 0. The van der Waals surface area contributed by atoms with Crippen molar-refractivity contribution in [3.05, 3.63) is 0 Å². The van der Waals surface area contributed by atoms with Crippen molar-refractivity contribution < 1.29 is 76.5 Å². The quantitative estimate of drug-likeness (QED) is 0.201. The molecule has 12 amide bonds. The standard InChI is InChI=1S/C29H32N4O16/c34-17-1-2-18(35)30(17)25(42)46-13-9-29(10-14-47-26(43)31-19(36)3-4-20(31)37,11-15-48-27(44)32-21(38)5-6-22(32)39)12-16-49-28(45)33-23(40)7-8-24(33)41/h1-16H2. The molecule has 0 aromatic rings. The number of rotatable bonds is 12. The van der Waals surface area contributed by atoms with Crippen molar-refractivity contribution in [1.82, 2.24) is 19.6 Å². The molecule has 0 aromatic carbocycles. The lowest BCUT2D eigenvalue weighted by molar-refractivity contribution is -0.137. The van der Waals surface area contributed by atoms with E-state index >= 15 is 0 Å². The van der Waals surface area contributed by atoms with Gasteiger partial charge in [0.25, 0.3) is 0 Å². The molecule has 4 aliphatic rings. The molecule has 4 rings (SSSR count). The summed E-state index contributed by atoms with van der Waals surface area (Å²) >= 11 is 0. The van der Waals surface area contributed by atoms with Crippen molar-refractivity contribution in [3.63, 3.8) is 0 Å². The first-order valence-corrected chi connectivity index (χ1v) is 15.3. The molecule has 0 radical (unpaired) electrons. The highest BCUT2D eigenvalue weighted by atomic mass is 16.6. The molecule has 0 atom stereocenters. The van der Waals surface area contributed by atoms with E-state index in [-0.39, 0.29) is 77.0 Å². The molecule has 4 aliphatic heterocycles. The Morgan fingerprint density at radius 1 is 0.367 bits per heavy atom. The van der Waals surface area contributed by atoms with Crippen molar-refractivity contribution in [2.75, 3.05) is 26.4 Å². The minimum atomic E-state index is -1.28. The van der Waals surface area contributed by atoms with Gasteiger partial charge in [-0.1, -0.05) is 0 Å². The molecule has 0 N–H and O–H groups in total. The predicted molar refractivity (Wildman–Crippen MR) is 151 cm³/mol. The first-order chi connectivity index (χ1) is 23.2. The molecule has 4 heterocycles. The number of amides is 12. The number of hydrogen-bond donors (Lipinski definition) is 0. The zero-order valence-electron chi connectivity index (χ0n) is 26.1. The number of hydrogen-bond acceptors (Lipinski definition) is 16. The van der Waals surface area contributed by atoms with Gasteiger partial charge in [-0.3, -0.25) is 38.4 Å². The zero-order chi connectivity index (χ0) is 35.9. The van der Waals surface area contributed by atoms with E-state index < -0.39 is 103 Å². The Hall–Kier alpha value is -5.56. The number of ether oxygens (including phenoxy) is 4. The summed E-state index contributed by atoms with van der Waals surface area (Å²) in [6, 6.07) is 0. The molecule has 0 bridgehead atoms. The number of imide groups is 12. The van der Waals surface area contributed by atoms with Crippen LogP contribution in [-0.4, -0.2) is 118 Å². The lowest BCUT2D eigenvalue weighted by Gasteiger charge is -2.34. The highest BCUT2D eigenvalue weighted by Gasteiger charge is 2.41. The first-order valence-electron chi connectivity index (χ1n) is 15.3. The van der Waals surface area contributed by atoms with Crippen LogP contribution in [0, 0.1) is 5.41 Å². The molecule has 0 aromatic heterocycles. The average molecular weight is 693 g/mol. The Labute approximate surface area is 276 Å². The largest absolute Gasteiger partial charge is 0.449 e. The highest BCUT2D eigenvalue weighted by molar-refractivity contribution is 6.15. The normalized spacial score (nSPS) is 18.3. The maximum atomic E-state index is 12.5. The average Bonchev–Trinajstić information content (AvgIpc) is 3.77. The molecule has 49 heavy (non-hydrogen) atoms. The fourth-order valence-corrected chi connectivity index (χ4v) is 5.55. The topological polar surface area (TPSA) is 255 Å². The van der Waals surface area contributed by atoms with Crippen molar-refractivity contribution in [3.8, 4) is 0 Å². The first kappa shape index (κ1) is 36.3. The van der Waals surface area contributed by atoms with Crippen LogP contribution in [0.3, 0.4) is 0 Å². The van der Waals surface area contributed by atoms with Crippen LogP contribution in [0.15, 0.2) is 0 Å². The summed E-state index contributed by atoms with van der Waals surface area (Å²) < 4.78 is 20.6. The number of carbonyl (C=O) groups excluding carboxylic acids is 12. The minimum absolute atomic E-state index is 0.188. The van der Waals surface area contributed by atoms with E-state index in [9.17, 15) is 57.5 Å². The van der Waals surface area contributed by atoms with E-state index in [2.05, 4.69) is 0 Å². The van der Waals surface area contributed by atoms with Crippen molar-refractivity contribution in [1.29, 1.82) is 0 Å². The Morgan fingerprint density at radius 2 is 0.531 bits per heavy atom. The van der Waals surface area contributed by atoms with Gasteiger partial charge in [0.05, 0.1) is 26.4 Å². The van der Waals surface area contributed by atoms with Gasteiger partial charge in [0.2, 0.25) is 47.3 Å². The van der Waals surface area contributed by atoms with Gasteiger partial charge in [-0.2, -0.15) is 19.6 Å². The third kappa shape index (κ3) is 8.49. The van der Waals surface area contributed by atoms with Crippen LogP contribution < -0.4 is 0 Å². The van der Waals surface area contributed by atoms with Crippen molar-refractivity contribution >= 4 is 71.6 Å². The van der Waals surface area contributed by atoms with E-state index in [0.29, 0.717) is 19.6 Å². The lowest BCUT2D eigenvalue weighted by atomic mass is 9.76. The maximum absolute atomic E-state index is 12.5. The second-order valence-corrected chi connectivity index (χ2v) is 11.4. The van der Waals surface area contributed by atoms with Gasteiger partial charge in [-0.05, 0) is 31.1 Å². The van der Waals surface area contributed by atoms with Gasteiger partial charge in [0.15, 0.2) is 0 Å². The third-order valence-corrected chi connectivity index (χ3v) is 8.37. The summed E-state index contributed by atoms with van der Waals surface area (Å²) in [5, 5.41) is 0. The van der Waals surface area contributed by atoms with Crippen LogP contribution >= 0.6 is 0 Å². The molecule has 0 spiro atoms. The van der Waals surface area contributed by atoms with Gasteiger partial charge in [-0.15, -0.1) is 0 Å². The van der Waals surface area contributed by atoms with Crippen LogP contribution in [0.1, 0.15) is 77.0 Å². The van der Waals surface area contributed by atoms with E-state index in [1.54, 1.807) is 0 Å². The zero-order valence-corrected chi connectivity index (χ0v) is 26.1. The second kappa shape index (κ2) is 15.6. The van der Waals surface area contributed by atoms with E-state index in [1.807, 2.05) is 0 Å². The molecule has 0 aliphatic carbocycles. The van der Waals surface area contributed by atoms with Crippen LogP contribution in [-0.2, 0) is 57.3 Å². The number of nitrogens with zero attached hydrogens (tertiary/aromatic N) is 4. The summed E-state index contributed by atoms with van der Waals surface area (Å²) in [5.41, 5.74) is -1.28. The molecule has 20 nitrogen and oxygen atoms in total. The molecule has 0 saturated carbocycles. The lowest BCUT2D eigenvalue weighted by Crippen LogP contribution is -2.39. The van der Waals surface area contributed by atoms with E-state index in [0.717, 1.165) is 0 Å². The SMILES string of the molecule is O=C1CCC(=O)N1C(=O)OCCC(CCOC(=O)N1C(=O)CCC1=O)(CCOC(=O)N1C(=O)CCC1=O)CCOC(=O)N1C(=O)CCC1=O. The molecular weight excluding hydrogens is 660 g/mol. The maximum Gasteiger partial charge on any atom is 0.423 e. The summed E-state index contributed by atoms with van der Waals surface area (Å²) in [6.07, 6.45) is -7.28. The fraction of sp³-hybridized carbons (Fsp3) is 0.586. The fourth-order valence-electron chi connectivity index (χ4n) is 5.55. The summed E-state index contributed by atoms with van der Waals surface area (Å²) in [4.78, 5) is 147. The van der Waals surface area contributed by atoms with Gasteiger partial charge >= 0.3 is 24.4 Å². The van der Waals surface area contributed by atoms with Crippen LogP contribution in [0.4, 0.5) is 19.2 Å². The summed E-state index contributed by atoms with van der Waals surface area (Å²) in [6.45, 7) is -1.94. The van der Waals surface area contributed by atoms with Gasteiger partial charge in [-0.25, -0.2) is 19.2 Å². The van der Waals surface area contributed by atoms with Crippen molar-refractivity contribution in [2.45, 2.75) is 77.0 Å². The molecule has 4 saturated heterocycles. The molecule has 0 unspecified atom stereocenters. The molecule has 264 valence electrons. The van der Waals surface area contributed by atoms with E-state index in [4.69, 9.17) is 18.9 Å². The second-order valence-electron chi connectivity index (χ2n) is 11.4. The summed E-state index contributed by atoms with van der Waals surface area (Å²) in [5.74, 6) is -6.15. The van der Waals surface area contributed by atoms with Crippen LogP contribution in [0.25, 0.3) is 0 Å². The van der Waals surface area contributed by atoms with Crippen molar-refractivity contribution in [2.24, 2.45) is 5.41 Å². The van der Waals surface area contributed by atoms with E-state index in [1.165, 1.54) is 0 Å². The monoisotopic (exact) mass is 692 g/mol. The Morgan fingerprint density at radius 3 is 0.694 bits per heavy atom. The molecule has 4 fully saturated rings. The van der Waals surface area contributed by atoms with Gasteiger partial charge < -0.3 is 18.9 Å². The highest BCUT2D eigenvalue weighted by Crippen LogP contribution is 2.36. The third-order valence-electron chi connectivity index (χ3n) is 8.37. The Kier molecular flexibility index (Phi) is 11.5. The smallest absolute Gasteiger partial charge is 0.423 e. The predicted octanol–water partition coefficient (Wildman–Crippen LogP) is 0.676.